The molecule has 1 unspecified atom stereocenters. The zero-order valence-electron chi connectivity index (χ0n) is 15.0. The van der Waals surface area contributed by atoms with Crippen LogP contribution in [-0.4, -0.2) is 37.7 Å². The molecule has 134 valence electrons. The molecule has 0 saturated carbocycles. The van der Waals surface area contributed by atoms with E-state index in [4.69, 9.17) is 4.74 Å². The molecule has 0 spiro atoms. The Balaban J connectivity index is 1.80. The maximum atomic E-state index is 12.2. The number of amides is 2. The topological polar surface area (TPSA) is 70.7 Å². The zero-order valence-corrected chi connectivity index (χ0v) is 15.0. The average molecular weight is 343 g/mol. The van der Waals surface area contributed by atoms with Crippen molar-refractivity contribution in [2.75, 3.05) is 24.5 Å². The van der Waals surface area contributed by atoms with E-state index < -0.39 is 0 Å². The summed E-state index contributed by atoms with van der Waals surface area (Å²) >= 11 is 0. The predicted octanol–water partition coefficient (Wildman–Crippen LogP) is 2.49. The number of anilines is 1. The van der Waals surface area contributed by atoms with Gasteiger partial charge in [0.2, 0.25) is 5.91 Å². The van der Waals surface area contributed by atoms with Crippen LogP contribution < -0.4 is 15.5 Å². The standard InChI is InChI=1S/C19H25N3O3/c1-12-7-16(8-13(2)18(12)15-5-4-6-20-9-15)22-11-17(25-19(22)24)10-21-14(3)23/h7-9,17,20H,4-6,10-11H2,1-3H3,(H,21,23). The molecule has 3 rings (SSSR count). The highest BCUT2D eigenvalue weighted by Gasteiger charge is 2.32. The molecule has 1 saturated heterocycles. The molecule has 6 nitrogen and oxygen atoms in total. The van der Waals surface area contributed by atoms with Crippen molar-refractivity contribution in [1.29, 1.82) is 0 Å². The molecule has 1 atom stereocenters. The summed E-state index contributed by atoms with van der Waals surface area (Å²) in [6.07, 6.45) is 3.63. The fourth-order valence-electron chi connectivity index (χ4n) is 3.54. The van der Waals surface area contributed by atoms with Crippen molar-refractivity contribution < 1.29 is 14.3 Å². The first-order chi connectivity index (χ1) is 12.0. The first-order valence-electron chi connectivity index (χ1n) is 8.72. The number of cyclic esters (lactones) is 1. The van der Waals surface area contributed by atoms with Crippen molar-refractivity contribution in [1.82, 2.24) is 10.6 Å². The monoisotopic (exact) mass is 343 g/mol. The Hall–Kier alpha value is -2.50. The molecule has 2 aliphatic rings. The Kier molecular flexibility index (Phi) is 4.97. The van der Waals surface area contributed by atoms with E-state index in [9.17, 15) is 9.59 Å². The fourth-order valence-corrected chi connectivity index (χ4v) is 3.54. The maximum Gasteiger partial charge on any atom is 0.414 e. The molecule has 2 amide bonds. The van der Waals surface area contributed by atoms with Gasteiger partial charge < -0.3 is 15.4 Å². The smallest absolute Gasteiger partial charge is 0.414 e. The number of aryl methyl sites for hydroxylation is 2. The molecular weight excluding hydrogens is 318 g/mol. The number of carbonyl (C=O) groups is 2. The van der Waals surface area contributed by atoms with Gasteiger partial charge in [0.15, 0.2) is 0 Å². The fraction of sp³-hybridized carbons (Fsp3) is 0.474. The van der Waals surface area contributed by atoms with Gasteiger partial charge in [-0.05, 0) is 61.1 Å². The van der Waals surface area contributed by atoms with E-state index in [1.165, 1.54) is 18.1 Å². The van der Waals surface area contributed by atoms with Crippen LogP contribution in [0.25, 0.3) is 5.57 Å². The van der Waals surface area contributed by atoms with Gasteiger partial charge in [-0.2, -0.15) is 0 Å². The van der Waals surface area contributed by atoms with Crippen LogP contribution in [0.15, 0.2) is 18.3 Å². The van der Waals surface area contributed by atoms with Gasteiger partial charge in [-0.1, -0.05) is 0 Å². The summed E-state index contributed by atoms with van der Waals surface area (Å²) in [5, 5.41) is 6.01. The van der Waals surface area contributed by atoms with Crippen LogP contribution in [0.2, 0.25) is 0 Å². The van der Waals surface area contributed by atoms with Gasteiger partial charge in [0.25, 0.3) is 0 Å². The van der Waals surface area contributed by atoms with Gasteiger partial charge in [-0.3, -0.25) is 9.69 Å². The Morgan fingerprint density at radius 3 is 2.68 bits per heavy atom. The van der Waals surface area contributed by atoms with Gasteiger partial charge in [0.05, 0.1) is 13.1 Å². The number of hydrogen-bond acceptors (Lipinski definition) is 4. The van der Waals surface area contributed by atoms with Crippen molar-refractivity contribution >= 4 is 23.3 Å². The third-order valence-electron chi connectivity index (χ3n) is 4.65. The molecule has 1 fully saturated rings. The first-order valence-corrected chi connectivity index (χ1v) is 8.72. The van der Waals surface area contributed by atoms with Gasteiger partial charge >= 0.3 is 6.09 Å². The van der Waals surface area contributed by atoms with Gasteiger partial charge in [-0.15, -0.1) is 0 Å². The lowest BCUT2D eigenvalue weighted by molar-refractivity contribution is -0.119. The van der Waals surface area contributed by atoms with E-state index in [1.807, 2.05) is 12.1 Å². The van der Waals surface area contributed by atoms with Crippen LogP contribution in [0.3, 0.4) is 0 Å². The second kappa shape index (κ2) is 7.17. The highest BCUT2D eigenvalue weighted by molar-refractivity contribution is 5.90. The molecule has 2 heterocycles. The molecule has 1 aromatic rings. The van der Waals surface area contributed by atoms with E-state index >= 15 is 0 Å². The lowest BCUT2D eigenvalue weighted by atomic mass is 9.91. The third-order valence-corrected chi connectivity index (χ3v) is 4.65. The molecule has 25 heavy (non-hydrogen) atoms. The number of nitrogens with one attached hydrogen (secondary N) is 2. The summed E-state index contributed by atoms with van der Waals surface area (Å²) in [5.74, 6) is -0.125. The Morgan fingerprint density at radius 2 is 2.08 bits per heavy atom. The maximum absolute atomic E-state index is 12.2. The summed E-state index contributed by atoms with van der Waals surface area (Å²) in [6, 6.07) is 4.08. The summed E-state index contributed by atoms with van der Waals surface area (Å²) in [7, 11) is 0. The number of rotatable bonds is 4. The van der Waals surface area contributed by atoms with Gasteiger partial charge in [-0.25, -0.2) is 4.79 Å². The van der Waals surface area contributed by atoms with E-state index in [2.05, 4.69) is 30.7 Å². The van der Waals surface area contributed by atoms with Crippen LogP contribution in [0, 0.1) is 13.8 Å². The van der Waals surface area contributed by atoms with Gasteiger partial charge in [0.1, 0.15) is 6.10 Å². The van der Waals surface area contributed by atoms with Crippen molar-refractivity contribution in [2.24, 2.45) is 0 Å². The normalized spacial score (nSPS) is 20.0. The predicted molar refractivity (Wildman–Crippen MR) is 97.4 cm³/mol. The summed E-state index contributed by atoms with van der Waals surface area (Å²) < 4.78 is 5.36. The third kappa shape index (κ3) is 3.78. The highest BCUT2D eigenvalue weighted by Crippen LogP contribution is 2.32. The second-order valence-corrected chi connectivity index (χ2v) is 6.74. The average Bonchev–Trinajstić information content (AvgIpc) is 2.94. The minimum absolute atomic E-state index is 0.125. The van der Waals surface area contributed by atoms with Crippen molar-refractivity contribution in [2.45, 2.75) is 39.7 Å². The SMILES string of the molecule is CC(=O)NCC1CN(c2cc(C)c(C3=CNCCC3)c(C)c2)C(=O)O1. The zero-order chi connectivity index (χ0) is 18.0. The summed E-state index contributed by atoms with van der Waals surface area (Å²) in [5.41, 5.74) is 5.74. The summed E-state index contributed by atoms with van der Waals surface area (Å²) in [6.45, 7) is 7.42. The van der Waals surface area contributed by atoms with Crippen LogP contribution in [-0.2, 0) is 9.53 Å². The van der Waals surface area contributed by atoms with Crippen molar-refractivity contribution in [3.8, 4) is 0 Å². The van der Waals surface area contributed by atoms with Gasteiger partial charge in [0, 0.05) is 25.4 Å². The van der Waals surface area contributed by atoms with Crippen molar-refractivity contribution in [3.63, 3.8) is 0 Å². The highest BCUT2D eigenvalue weighted by atomic mass is 16.6. The first kappa shape index (κ1) is 17.3. The molecule has 0 radical (unpaired) electrons. The molecule has 0 aliphatic carbocycles. The van der Waals surface area contributed by atoms with E-state index in [1.54, 1.807) is 4.90 Å². The Labute approximate surface area is 148 Å². The van der Waals surface area contributed by atoms with Crippen LogP contribution in [0.1, 0.15) is 36.5 Å². The lowest BCUT2D eigenvalue weighted by Crippen LogP contribution is -2.33. The minimum Gasteiger partial charge on any atom is -0.442 e. The molecule has 2 N–H and O–H groups in total. The number of ether oxygens (including phenoxy) is 1. The van der Waals surface area contributed by atoms with Crippen LogP contribution >= 0.6 is 0 Å². The van der Waals surface area contributed by atoms with E-state index in [-0.39, 0.29) is 18.1 Å². The lowest BCUT2D eigenvalue weighted by Gasteiger charge is -2.21. The molecule has 1 aromatic carbocycles. The number of carbonyl (C=O) groups excluding carboxylic acids is 2. The van der Waals surface area contributed by atoms with Crippen LogP contribution in [0.4, 0.5) is 10.5 Å². The Bertz CT molecular complexity index is 704. The number of benzene rings is 1. The van der Waals surface area contributed by atoms with Crippen molar-refractivity contribution in [3.05, 3.63) is 35.0 Å². The van der Waals surface area contributed by atoms with E-state index in [0.29, 0.717) is 13.1 Å². The van der Waals surface area contributed by atoms with Crippen LogP contribution in [0.5, 0.6) is 0 Å². The molecule has 2 aliphatic heterocycles. The number of hydrogen-bond donors (Lipinski definition) is 2. The Morgan fingerprint density at radius 1 is 1.36 bits per heavy atom. The summed E-state index contributed by atoms with van der Waals surface area (Å²) in [4.78, 5) is 24.9. The minimum atomic E-state index is -0.361. The number of nitrogens with zero attached hydrogens (tertiary/aromatic N) is 1. The largest absolute Gasteiger partial charge is 0.442 e. The second-order valence-electron chi connectivity index (χ2n) is 6.74. The van der Waals surface area contributed by atoms with E-state index in [0.717, 1.165) is 36.2 Å². The molecular formula is C19H25N3O3. The quantitative estimate of drug-likeness (QED) is 0.881. The molecule has 6 heteroatoms. The number of allylic oxidation sites excluding steroid dienone is 1. The molecule has 0 bridgehead atoms. The molecule has 0 aromatic heterocycles.